The quantitative estimate of drug-likeness (QED) is 0.558. The lowest BCUT2D eigenvalue weighted by Gasteiger charge is -2.10. The number of H-pyrrole nitrogens is 1. The number of imidazole rings is 1. The van der Waals surface area contributed by atoms with Crippen LogP contribution in [0.1, 0.15) is 24.8 Å². The molecule has 1 aromatic carbocycles. The summed E-state index contributed by atoms with van der Waals surface area (Å²) < 4.78 is 6.99. The van der Waals surface area contributed by atoms with Crippen molar-refractivity contribution in [1.82, 2.24) is 14.5 Å². The highest BCUT2D eigenvalue weighted by atomic mass is 16.5. The Morgan fingerprint density at radius 1 is 1.30 bits per heavy atom. The Labute approximate surface area is 135 Å². The minimum Gasteiger partial charge on any atom is -0.469 e. The van der Waals surface area contributed by atoms with Crippen LogP contribution in [0.2, 0.25) is 0 Å². The normalized spacial score (nSPS) is 11.0. The molecule has 0 radical (unpaired) electrons. The van der Waals surface area contributed by atoms with Crippen molar-refractivity contribution in [1.29, 1.82) is 0 Å². The van der Waals surface area contributed by atoms with Gasteiger partial charge >= 0.3 is 5.97 Å². The topological polar surface area (TPSA) is 59.9 Å². The molecule has 5 heteroatoms. The first kappa shape index (κ1) is 15.3. The van der Waals surface area contributed by atoms with Gasteiger partial charge in [-0.2, -0.15) is 0 Å². The highest BCUT2D eigenvalue weighted by Gasteiger charge is 2.16. The molecule has 0 atom stereocenters. The average molecular weight is 311 g/mol. The minimum absolute atomic E-state index is 0.148. The lowest BCUT2D eigenvalue weighted by atomic mass is 10.1. The minimum atomic E-state index is -0.148. The number of unbranched alkanes of at least 4 members (excludes halogenated alkanes) is 1. The summed E-state index contributed by atoms with van der Waals surface area (Å²) in [6, 6.07) is 8.39. The second-order valence-corrected chi connectivity index (χ2v) is 5.61. The number of benzene rings is 1. The van der Waals surface area contributed by atoms with E-state index in [9.17, 15) is 4.79 Å². The van der Waals surface area contributed by atoms with Crippen molar-refractivity contribution in [3.63, 3.8) is 0 Å². The molecule has 0 aliphatic rings. The number of ether oxygens (including phenoxy) is 1. The summed E-state index contributed by atoms with van der Waals surface area (Å²) in [4.78, 5) is 18.9. The van der Waals surface area contributed by atoms with Gasteiger partial charge < -0.3 is 14.3 Å². The maximum Gasteiger partial charge on any atom is 0.305 e. The summed E-state index contributed by atoms with van der Waals surface area (Å²) in [7, 11) is 1.43. The predicted molar refractivity (Wildman–Crippen MR) is 90.1 cm³/mol. The molecule has 0 aliphatic carbocycles. The van der Waals surface area contributed by atoms with Gasteiger partial charge in [-0.3, -0.25) is 4.79 Å². The van der Waals surface area contributed by atoms with Gasteiger partial charge in [-0.1, -0.05) is 18.2 Å². The first-order chi connectivity index (χ1) is 11.2. The average Bonchev–Trinajstić information content (AvgIpc) is 3.18. The number of carbonyl (C=O) groups is 1. The molecular weight excluding hydrogens is 290 g/mol. The van der Waals surface area contributed by atoms with E-state index in [-0.39, 0.29) is 5.97 Å². The van der Waals surface area contributed by atoms with Crippen LogP contribution < -0.4 is 0 Å². The Morgan fingerprint density at radius 3 is 2.87 bits per heavy atom. The highest BCUT2D eigenvalue weighted by Crippen LogP contribution is 2.31. The van der Waals surface area contributed by atoms with E-state index in [1.54, 1.807) is 6.20 Å². The van der Waals surface area contributed by atoms with Crippen molar-refractivity contribution in [3.05, 3.63) is 42.2 Å². The Morgan fingerprint density at radius 2 is 2.13 bits per heavy atom. The third-order valence-corrected chi connectivity index (χ3v) is 4.19. The largest absolute Gasteiger partial charge is 0.469 e. The Balaban J connectivity index is 1.91. The van der Waals surface area contributed by atoms with Crippen molar-refractivity contribution in [3.8, 4) is 11.5 Å². The van der Waals surface area contributed by atoms with E-state index < -0.39 is 0 Å². The zero-order chi connectivity index (χ0) is 16.2. The van der Waals surface area contributed by atoms with Gasteiger partial charge in [-0.15, -0.1) is 0 Å². The van der Waals surface area contributed by atoms with E-state index >= 15 is 0 Å². The molecule has 2 aromatic heterocycles. The SMILES string of the molecule is COC(=O)CCCCn1c(-c2ncc[nH]2)c(C)c2ccccc21. The summed E-state index contributed by atoms with van der Waals surface area (Å²) in [5.74, 6) is 0.733. The van der Waals surface area contributed by atoms with E-state index in [0.29, 0.717) is 6.42 Å². The van der Waals surface area contributed by atoms with Gasteiger partial charge in [0.2, 0.25) is 0 Å². The summed E-state index contributed by atoms with van der Waals surface area (Å²) in [5, 5.41) is 1.24. The highest BCUT2D eigenvalue weighted by molar-refractivity contribution is 5.90. The summed E-state index contributed by atoms with van der Waals surface area (Å²) in [5.41, 5.74) is 3.55. The number of hydrogen-bond donors (Lipinski definition) is 1. The van der Waals surface area contributed by atoms with Gasteiger partial charge in [-0.05, 0) is 31.4 Å². The molecule has 0 amide bonds. The van der Waals surface area contributed by atoms with Crippen LogP contribution in [0.5, 0.6) is 0 Å². The van der Waals surface area contributed by atoms with Crippen molar-refractivity contribution in [2.24, 2.45) is 0 Å². The molecule has 23 heavy (non-hydrogen) atoms. The van der Waals surface area contributed by atoms with Gasteiger partial charge in [0.25, 0.3) is 0 Å². The molecular formula is C18H21N3O2. The van der Waals surface area contributed by atoms with Crippen LogP contribution in [0.15, 0.2) is 36.7 Å². The standard InChI is InChI=1S/C18H21N3O2/c1-13-14-7-3-4-8-15(14)21(12-6-5-9-16(22)23-2)17(13)18-19-10-11-20-18/h3-4,7-8,10-11H,5-6,9,12H2,1-2H3,(H,19,20). The van der Waals surface area contributed by atoms with Crippen LogP contribution >= 0.6 is 0 Å². The van der Waals surface area contributed by atoms with E-state index in [1.165, 1.54) is 23.6 Å². The molecule has 0 bridgehead atoms. The number of carbonyl (C=O) groups excluding carboxylic acids is 1. The zero-order valence-corrected chi connectivity index (χ0v) is 13.5. The van der Waals surface area contributed by atoms with E-state index in [0.717, 1.165) is 30.9 Å². The fourth-order valence-corrected chi connectivity index (χ4v) is 3.05. The number of esters is 1. The molecule has 0 spiro atoms. The molecule has 0 aliphatic heterocycles. The van der Waals surface area contributed by atoms with Crippen LogP contribution in [-0.4, -0.2) is 27.6 Å². The molecule has 2 heterocycles. The number of aryl methyl sites for hydroxylation is 2. The van der Waals surface area contributed by atoms with Gasteiger partial charge in [0.05, 0.1) is 12.8 Å². The van der Waals surface area contributed by atoms with Crippen molar-refractivity contribution < 1.29 is 9.53 Å². The number of methoxy groups -OCH3 is 1. The van der Waals surface area contributed by atoms with Crippen molar-refractivity contribution in [2.75, 3.05) is 7.11 Å². The van der Waals surface area contributed by atoms with E-state index in [2.05, 4.69) is 45.7 Å². The maximum atomic E-state index is 11.2. The number of nitrogens with zero attached hydrogens (tertiary/aromatic N) is 2. The summed E-state index contributed by atoms with van der Waals surface area (Å²) >= 11 is 0. The van der Waals surface area contributed by atoms with Crippen LogP contribution in [0.3, 0.4) is 0 Å². The first-order valence-electron chi connectivity index (χ1n) is 7.86. The molecule has 0 saturated heterocycles. The number of hydrogen-bond acceptors (Lipinski definition) is 3. The monoisotopic (exact) mass is 311 g/mol. The Kier molecular flexibility index (Phi) is 4.46. The number of aromatic nitrogens is 3. The maximum absolute atomic E-state index is 11.2. The molecule has 0 unspecified atom stereocenters. The van der Waals surface area contributed by atoms with Crippen molar-refractivity contribution in [2.45, 2.75) is 32.7 Å². The van der Waals surface area contributed by atoms with E-state index in [4.69, 9.17) is 4.74 Å². The first-order valence-corrected chi connectivity index (χ1v) is 7.86. The van der Waals surface area contributed by atoms with Gasteiger partial charge in [0, 0.05) is 36.3 Å². The van der Waals surface area contributed by atoms with Crippen LogP contribution in [0, 0.1) is 6.92 Å². The third kappa shape index (κ3) is 2.99. The van der Waals surface area contributed by atoms with Crippen LogP contribution in [-0.2, 0) is 16.1 Å². The van der Waals surface area contributed by atoms with E-state index in [1.807, 2.05) is 6.20 Å². The van der Waals surface area contributed by atoms with Crippen LogP contribution in [0.4, 0.5) is 0 Å². The summed E-state index contributed by atoms with van der Waals surface area (Å²) in [6.07, 6.45) is 5.81. The van der Waals surface area contributed by atoms with Gasteiger partial charge in [0.15, 0.2) is 5.82 Å². The number of fused-ring (bicyclic) bond motifs is 1. The second-order valence-electron chi connectivity index (χ2n) is 5.61. The third-order valence-electron chi connectivity index (χ3n) is 4.19. The predicted octanol–water partition coefficient (Wildman–Crippen LogP) is 3.68. The smallest absolute Gasteiger partial charge is 0.305 e. The fraction of sp³-hybridized carbons (Fsp3) is 0.333. The molecule has 120 valence electrons. The molecule has 0 saturated carbocycles. The lowest BCUT2D eigenvalue weighted by Crippen LogP contribution is -2.04. The number of rotatable bonds is 6. The zero-order valence-electron chi connectivity index (χ0n) is 13.5. The van der Waals surface area contributed by atoms with Crippen LogP contribution in [0.25, 0.3) is 22.4 Å². The molecule has 5 nitrogen and oxygen atoms in total. The molecule has 3 aromatic rings. The number of para-hydroxylation sites is 1. The second kappa shape index (κ2) is 6.69. The molecule has 3 rings (SSSR count). The Bertz CT molecular complexity index is 803. The molecule has 1 N–H and O–H groups in total. The Hall–Kier alpha value is -2.56. The lowest BCUT2D eigenvalue weighted by molar-refractivity contribution is -0.140. The van der Waals surface area contributed by atoms with Gasteiger partial charge in [-0.25, -0.2) is 4.98 Å². The van der Waals surface area contributed by atoms with Crippen molar-refractivity contribution >= 4 is 16.9 Å². The molecule has 0 fully saturated rings. The van der Waals surface area contributed by atoms with Gasteiger partial charge in [0.1, 0.15) is 0 Å². The number of aromatic amines is 1. The number of nitrogens with one attached hydrogen (secondary N) is 1. The summed E-state index contributed by atoms with van der Waals surface area (Å²) in [6.45, 7) is 2.98. The fourth-order valence-electron chi connectivity index (χ4n) is 3.05.